The largest absolute Gasteiger partial charge is 0.485 e. The van der Waals surface area contributed by atoms with Crippen molar-refractivity contribution in [2.45, 2.75) is 51.3 Å². The minimum Gasteiger partial charge on any atom is -0.485 e. The molecule has 1 fully saturated rings. The van der Waals surface area contributed by atoms with Crippen molar-refractivity contribution in [2.75, 3.05) is 0 Å². The number of rotatable bonds is 6. The van der Waals surface area contributed by atoms with Crippen molar-refractivity contribution < 1.29 is 9.53 Å². The first kappa shape index (κ1) is 19.6. The van der Waals surface area contributed by atoms with Crippen LogP contribution in [0, 0.1) is 0 Å². The van der Waals surface area contributed by atoms with Crippen LogP contribution >= 0.6 is 0 Å². The summed E-state index contributed by atoms with van der Waals surface area (Å²) < 4.78 is 8.18. The molecule has 0 bridgehead atoms. The highest BCUT2D eigenvalue weighted by molar-refractivity contribution is 5.88. The van der Waals surface area contributed by atoms with Crippen LogP contribution in [0.25, 0.3) is 21.8 Å². The smallest absolute Gasteiger partial charge is 0.240 e. The van der Waals surface area contributed by atoms with Crippen molar-refractivity contribution in [3.8, 4) is 5.75 Å². The van der Waals surface area contributed by atoms with E-state index < -0.39 is 0 Å². The Labute approximate surface area is 182 Å². The van der Waals surface area contributed by atoms with Crippen LogP contribution in [0.3, 0.4) is 0 Å². The van der Waals surface area contributed by atoms with E-state index in [2.05, 4.69) is 23.5 Å². The molecule has 1 saturated carbocycles. The molecule has 0 spiro atoms. The summed E-state index contributed by atoms with van der Waals surface area (Å²) in [6.45, 7) is 0.560. The molecular formula is C26H27N3O2. The number of para-hydroxylation sites is 2. The summed E-state index contributed by atoms with van der Waals surface area (Å²) in [5.74, 6) is 1.62. The number of carbonyl (C=O) groups excluding carboxylic acids is 1. The van der Waals surface area contributed by atoms with Crippen molar-refractivity contribution in [1.29, 1.82) is 0 Å². The lowest BCUT2D eigenvalue weighted by Crippen LogP contribution is -2.38. The Bertz CT molecular complexity index is 1200. The first-order valence-corrected chi connectivity index (χ1v) is 11.1. The van der Waals surface area contributed by atoms with E-state index in [-0.39, 0.29) is 12.5 Å². The molecule has 0 radical (unpaired) electrons. The molecule has 5 heteroatoms. The Morgan fingerprint density at radius 2 is 1.74 bits per heavy atom. The summed E-state index contributed by atoms with van der Waals surface area (Å²) in [5, 5.41) is 5.43. The molecule has 0 atom stereocenters. The minimum atomic E-state index is 0.0430. The van der Waals surface area contributed by atoms with Crippen LogP contribution in [0.2, 0.25) is 0 Å². The maximum atomic E-state index is 12.8. The fraction of sp³-hybridized carbons (Fsp3) is 0.308. The van der Waals surface area contributed by atoms with Crippen LogP contribution in [-0.4, -0.2) is 21.5 Å². The first-order valence-electron chi connectivity index (χ1n) is 11.1. The summed E-state index contributed by atoms with van der Waals surface area (Å²) in [6.07, 6.45) is 5.82. The summed E-state index contributed by atoms with van der Waals surface area (Å²) in [6, 6.07) is 22.5. The summed E-state index contributed by atoms with van der Waals surface area (Å²) in [4.78, 5) is 17.6. The Hall–Kier alpha value is -3.34. The summed E-state index contributed by atoms with van der Waals surface area (Å²) >= 11 is 0. The predicted molar refractivity (Wildman–Crippen MR) is 123 cm³/mol. The van der Waals surface area contributed by atoms with Gasteiger partial charge in [0.1, 0.15) is 24.7 Å². The van der Waals surface area contributed by atoms with Gasteiger partial charge in [0.15, 0.2) is 0 Å². The number of hydrogen-bond acceptors (Lipinski definition) is 3. The quantitative estimate of drug-likeness (QED) is 0.472. The number of ether oxygens (including phenoxy) is 1. The van der Waals surface area contributed by atoms with Gasteiger partial charge in [-0.25, -0.2) is 4.98 Å². The second-order valence-corrected chi connectivity index (χ2v) is 8.27. The van der Waals surface area contributed by atoms with Crippen molar-refractivity contribution >= 4 is 27.7 Å². The molecule has 1 aromatic heterocycles. The Kier molecular flexibility index (Phi) is 5.57. The molecule has 3 aromatic carbocycles. The Morgan fingerprint density at radius 3 is 2.65 bits per heavy atom. The van der Waals surface area contributed by atoms with Crippen molar-refractivity contribution in [1.82, 2.24) is 14.9 Å². The number of nitrogens with one attached hydrogen (secondary N) is 1. The molecule has 0 aliphatic heterocycles. The normalized spacial score (nSPS) is 14.7. The van der Waals surface area contributed by atoms with Gasteiger partial charge >= 0.3 is 0 Å². The minimum absolute atomic E-state index is 0.0430. The molecule has 0 unspecified atom stereocenters. The van der Waals surface area contributed by atoms with Gasteiger partial charge in [0.05, 0.1) is 11.0 Å². The number of carbonyl (C=O) groups is 1. The number of nitrogens with zero attached hydrogens (tertiary/aromatic N) is 2. The zero-order valence-corrected chi connectivity index (χ0v) is 17.6. The van der Waals surface area contributed by atoms with Gasteiger partial charge in [-0.3, -0.25) is 4.79 Å². The Morgan fingerprint density at radius 1 is 0.968 bits per heavy atom. The van der Waals surface area contributed by atoms with Crippen LogP contribution in [0.4, 0.5) is 0 Å². The summed E-state index contributed by atoms with van der Waals surface area (Å²) in [7, 11) is 0. The molecule has 1 aliphatic rings. The van der Waals surface area contributed by atoms with Crippen molar-refractivity contribution in [3.05, 3.63) is 72.6 Å². The average molecular weight is 414 g/mol. The van der Waals surface area contributed by atoms with Gasteiger partial charge in [0.2, 0.25) is 5.91 Å². The highest BCUT2D eigenvalue weighted by Gasteiger charge is 2.18. The number of imidazole rings is 1. The van der Waals surface area contributed by atoms with Gasteiger partial charge < -0.3 is 14.6 Å². The number of hydrogen-bond donors (Lipinski definition) is 1. The topological polar surface area (TPSA) is 56.2 Å². The van der Waals surface area contributed by atoms with Crippen LogP contribution in [-0.2, 0) is 17.9 Å². The third kappa shape index (κ3) is 4.26. The molecule has 31 heavy (non-hydrogen) atoms. The van der Waals surface area contributed by atoms with Gasteiger partial charge in [-0.05, 0) is 36.4 Å². The second-order valence-electron chi connectivity index (χ2n) is 8.27. The number of aromatic nitrogens is 2. The molecule has 1 aliphatic carbocycles. The van der Waals surface area contributed by atoms with Gasteiger partial charge in [0, 0.05) is 11.4 Å². The second kappa shape index (κ2) is 8.80. The van der Waals surface area contributed by atoms with Gasteiger partial charge in [-0.15, -0.1) is 0 Å². The first-order chi connectivity index (χ1) is 15.3. The number of amides is 1. The molecule has 1 N–H and O–H groups in total. The third-order valence-corrected chi connectivity index (χ3v) is 6.11. The van der Waals surface area contributed by atoms with E-state index in [1.807, 2.05) is 53.1 Å². The standard InChI is InChI=1S/C26H27N3O2/c30-26(27-20-11-2-1-3-12-20)17-29-23-15-7-6-14-22(23)28-25(29)18-31-24-16-8-10-19-9-4-5-13-21(19)24/h4-10,13-16,20H,1-3,11-12,17-18H2,(H,27,30). The highest BCUT2D eigenvalue weighted by Crippen LogP contribution is 2.26. The number of fused-ring (bicyclic) bond motifs is 2. The average Bonchev–Trinajstić information content (AvgIpc) is 3.15. The van der Waals surface area contributed by atoms with Crippen LogP contribution in [0.5, 0.6) is 5.75 Å². The molecule has 158 valence electrons. The van der Waals surface area contributed by atoms with Crippen molar-refractivity contribution in [3.63, 3.8) is 0 Å². The van der Waals surface area contributed by atoms with E-state index in [0.29, 0.717) is 12.6 Å². The maximum absolute atomic E-state index is 12.8. The van der Waals surface area contributed by atoms with E-state index in [1.165, 1.54) is 19.3 Å². The van der Waals surface area contributed by atoms with Gasteiger partial charge in [0.25, 0.3) is 0 Å². The Balaban J connectivity index is 1.38. The van der Waals surface area contributed by atoms with E-state index in [1.54, 1.807) is 0 Å². The van der Waals surface area contributed by atoms with Crippen molar-refractivity contribution in [2.24, 2.45) is 0 Å². The van der Waals surface area contributed by atoms with Crippen LogP contribution in [0.1, 0.15) is 37.9 Å². The lowest BCUT2D eigenvalue weighted by Gasteiger charge is -2.23. The molecule has 1 amide bonds. The molecular weight excluding hydrogens is 386 g/mol. The lowest BCUT2D eigenvalue weighted by atomic mass is 9.95. The molecule has 5 rings (SSSR count). The van der Waals surface area contributed by atoms with E-state index in [4.69, 9.17) is 9.72 Å². The zero-order chi connectivity index (χ0) is 21.0. The molecule has 4 aromatic rings. The summed E-state index contributed by atoms with van der Waals surface area (Å²) in [5.41, 5.74) is 1.84. The fourth-order valence-electron chi connectivity index (χ4n) is 4.54. The predicted octanol–water partition coefficient (Wildman–Crippen LogP) is 5.22. The van der Waals surface area contributed by atoms with E-state index in [0.717, 1.165) is 46.2 Å². The van der Waals surface area contributed by atoms with Crippen LogP contribution < -0.4 is 10.1 Å². The van der Waals surface area contributed by atoms with E-state index >= 15 is 0 Å². The van der Waals surface area contributed by atoms with Gasteiger partial charge in [-0.2, -0.15) is 0 Å². The van der Waals surface area contributed by atoms with E-state index in [9.17, 15) is 4.79 Å². The molecule has 1 heterocycles. The molecule has 0 saturated heterocycles. The maximum Gasteiger partial charge on any atom is 0.240 e. The number of benzene rings is 3. The SMILES string of the molecule is O=C(Cn1c(COc2cccc3ccccc23)nc2ccccc21)NC1CCCCC1. The fourth-order valence-corrected chi connectivity index (χ4v) is 4.54. The highest BCUT2D eigenvalue weighted by atomic mass is 16.5. The lowest BCUT2D eigenvalue weighted by molar-refractivity contribution is -0.122. The van der Waals surface area contributed by atoms with Gasteiger partial charge in [-0.1, -0.05) is 67.8 Å². The zero-order valence-electron chi connectivity index (χ0n) is 17.6. The van der Waals surface area contributed by atoms with Crippen LogP contribution in [0.15, 0.2) is 66.7 Å². The molecule has 5 nitrogen and oxygen atoms in total. The monoisotopic (exact) mass is 413 g/mol. The third-order valence-electron chi connectivity index (χ3n) is 6.11.